The van der Waals surface area contributed by atoms with Crippen LogP contribution in [-0.2, 0) is 6.54 Å². The van der Waals surface area contributed by atoms with Gasteiger partial charge < -0.3 is 4.57 Å². The number of benzene rings is 2. The molecule has 0 aliphatic carbocycles. The summed E-state index contributed by atoms with van der Waals surface area (Å²) < 4.78 is 4.00. The van der Waals surface area contributed by atoms with Gasteiger partial charge in [0.1, 0.15) is 0 Å². The molecule has 0 aliphatic rings. The zero-order chi connectivity index (χ0) is 15.7. The van der Waals surface area contributed by atoms with E-state index >= 15 is 0 Å². The number of rotatable bonds is 2. The highest BCUT2D eigenvalue weighted by molar-refractivity contribution is 9.10. The van der Waals surface area contributed by atoms with Gasteiger partial charge in [0.05, 0.1) is 15.8 Å². The van der Waals surface area contributed by atoms with Gasteiger partial charge >= 0.3 is 0 Å². The van der Waals surface area contributed by atoms with Crippen LogP contribution in [0.4, 0.5) is 0 Å². The second-order valence-corrected chi connectivity index (χ2v) is 6.86. The van der Waals surface area contributed by atoms with Crippen LogP contribution in [0.5, 0.6) is 0 Å². The number of fused-ring (bicyclic) bond motifs is 1. The first-order valence-corrected chi connectivity index (χ1v) is 8.64. The maximum absolute atomic E-state index is 12.4. The Hall–Kier alpha value is -1.72. The summed E-state index contributed by atoms with van der Waals surface area (Å²) in [6.07, 6.45) is 0. The summed E-state index contributed by atoms with van der Waals surface area (Å²) in [6, 6.07) is 13.7. The lowest BCUT2D eigenvalue weighted by molar-refractivity contribution is 0.0997. The number of aryl methyl sites for hydroxylation is 2. The van der Waals surface area contributed by atoms with Crippen molar-refractivity contribution in [2.75, 3.05) is 0 Å². The van der Waals surface area contributed by atoms with Crippen molar-refractivity contribution in [3.05, 3.63) is 62.9 Å². The Labute approximate surface area is 141 Å². The van der Waals surface area contributed by atoms with E-state index in [4.69, 9.17) is 0 Å². The molecule has 0 aliphatic heterocycles. The van der Waals surface area contributed by atoms with Gasteiger partial charge in [-0.15, -0.1) is 0 Å². The molecule has 0 atom stereocenters. The lowest BCUT2D eigenvalue weighted by Gasteiger charge is -2.01. The van der Waals surface area contributed by atoms with Gasteiger partial charge in [-0.3, -0.25) is 4.79 Å². The Morgan fingerprint density at radius 1 is 1.27 bits per heavy atom. The maximum Gasteiger partial charge on any atom is 0.280 e. The van der Waals surface area contributed by atoms with Gasteiger partial charge in [0, 0.05) is 11.0 Å². The summed E-state index contributed by atoms with van der Waals surface area (Å²) in [5.74, 6) is -0.224. The fourth-order valence-electron chi connectivity index (χ4n) is 2.35. The molecule has 0 spiro atoms. The topological polar surface area (TPSA) is 34.4 Å². The zero-order valence-electron chi connectivity index (χ0n) is 12.3. The first-order valence-electron chi connectivity index (χ1n) is 7.03. The van der Waals surface area contributed by atoms with Crippen molar-refractivity contribution >= 4 is 43.4 Å². The third-order valence-corrected chi connectivity index (χ3v) is 5.19. The van der Waals surface area contributed by atoms with E-state index in [1.165, 1.54) is 5.56 Å². The van der Waals surface area contributed by atoms with Crippen LogP contribution < -0.4 is 4.80 Å². The Morgan fingerprint density at radius 3 is 2.77 bits per heavy atom. The Morgan fingerprint density at radius 2 is 2.05 bits per heavy atom. The van der Waals surface area contributed by atoms with E-state index in [1.54, 1.807) is 17.4 Å². The van der Waals surface area contributed by atoms with E-state index in [0.717, 1.165) is 26.0 Å². The molecule has 0 radical (unpaired) electrons. The first-order chi connectivity index (χ1) is 10.6. The SMILES string of the molecule is CCn1c(=NC(=O)c2ccccc2Br)sc2cc(C)ccc21. The molecule has 0 unspecified atom stereocenters. The molecule has 0 bridgehead atoms. The summed E-state index contributed by atoms with van der Waals surface area (Å²) in [6.45, 7) is 4.91. The summed E-state index contributed by atoms with van der Waals surface area (Å²) in [5.41, 5.74) is 2.91. The summed E-state index contributed by atoms with van der Waals surface area (Å²) in [4.78, 5) is 17.5. The number of carbonyl (C=O) groups is 1. The second-order valence-electron chi connectivity index (χ2n) is 5.00. The summed E-state index contributed by atoms with van der Waals surface area (Å²) >= 11 is 4.96. The molecule has 5 heteroatoms. The van der Waals surface area contributed by atoms with Crippen molar-refractivity contribution < 1.29 is 4.79 Å². The molecule has 0 saturated carbocycles. The highest BCUT2D eigenvalue weighted by Gasteiger charge is 2.10. The largest absolute Gasteiger partial charge is 0.317 e. The molecule has 0 N–H and O–H groups in total. The highest BCUT2D eigenvalue weighted by Crippen LogP contribution is 2.20. The second kappa shape index (κ2) is 6.18. The van der Waals surface area contributed by atoms with Crippen molar-refractivity contribution in [3.8, 4) is 0 Å². The molecule has 3 nitrogen and oxygen atoms in total. The van der Waals surface area contributed by atoms with Crippen LogP contribution >= 0.6 is 27.3 Å². The quantitative estimate of drug-likeness (QED) is 0.648. The van der Waals surface area contributed by atoms with E-state index in [0.29, 0.717) is 5.56 Å². The lowest BCUT2D eigenvalue weighted by Crippen LogP contribution is -2.16. The Balaban J connectivity index is 2.17. The van der Waals surface area contributed by atoms with Gasteiger partial charge in [0.15, 0.2) is 4.80 Å². The smallest absolute Gasteiger partial charge is 0.280 e. The number of carbonyl (C=O) groups excluding carboxylic acids is 1. The molecular formula is C17H15BrN2OS. The fourth-order valence-corrected chi connectivity index (χ4v) is 4.00. The molecular weight excluding hydrogens is 360 g/mol. The standard InChI is InChI=1S/C17H15BrN2OS/c1-3-20-14-9-8-11(2)10-15(14)22-17(20)19-16(21)12-6-4-5-7-13(12)18/h4-10H,3H2,1-2H3. The van der Waals surface area contributed by atoms with E-state index in [9.17, 15) is 4.79 Å². The molecule has 3 aromatic rings. The predicted octanol–water partition coefficient (Wildman–Crippen LogP) is 4.53. The van der Waals surface area contributed by atoms with Crippen LogP contribution in [0.2, 0.25) is 0 Å². The minimum atomic E-state index is -0.224. The van der Waals surface area contributed by atoms with Gasteiger partial charge in [0.25, 0.3) is 5.91 Å². The number of thiazole rings is 1. The molecule has 3 rings (SSSR count). The van der Waals surface area contributed by atoms with Gasteiger partial charge in [-0.1, -0.05) is 29.5 Å². The van der Waals surface area contributed by atoms with Gasteiger partial charge in [0.2, 0.25) is 0 Å². The average molecular weight is 375 g/mol. The molecule has 1 heterocycles. The van der Waals surface area contributed by atoms with Crippen LogP contribution in [0.15, 0.2) is 51.9 Å². The zero-order valence-corrected chi connectivity index (χ0v) is 14.7. The van der Waals surface area contributed by atoms with Crippen molar-refractivity contribution in [1.82, 2.24) is 4.57 Å². The normalized spacial score (nSPS) is 12.0. The van der Waals surface area contributed by atoms with Crippen LogP contribution in [0.3, 0.4) is 0 Å². The minimum Gasteiger partial charge on any atom is -0.317 e. The predicted molar refractivity (Wildman–Crippen MR) is 94.3 cm³/mol. The van der Waals surface area contributed by atoms with Gasteiger partial charge in [-0.2, -0.15) is 4.99 Å². The number of nitrogens with zero attached hydrogens (tertiary/aromatic N) is 2. The van der Waals surface area contributed by atoms with Crippen LogP contribution in [0, 0.1) is 6.92 Å². The van der Waals surface area contributed by atoms with E-state index in [1.807, 2.05) is 18.2 Å². The average Bonchev–Trinajstić information content (AvgIpc) is 2.83. The third kappa shape index (κ3) is 2.78. The monoisotopic (exact) mass is 374 g/mol. The van der Waals surface area contributed by atoms with E-state index < -0.39 is 0 Å². The summed E-state index contributed by atoms with van der Waals surface area (Å²) in [7, 11) is 0. The number of hydrogen-bond donors (Lipinski definition) is 0. The molecule has 1 aromatic heterocycles. The lowest BCUT2D eigenvalue weighted by atomic mass is 10.2. The molecule has 2 aromatic carbocycles. The molecule has 112 valence electrons. The van der Waals surface area contributed by atoms with Crippen LogP contribution in [0.1, 0.15) is 22.8 Å². The van der Waals surface area contributed by atoms with Crippen molar-refractivity contribution in [2.24, 2.45) is 4.99 Å². The van der Waals surface area contributed by atoms with E-state index in [2.05, 4.69) is 57.5 Å². The van der Waals surface area contributed by atoms with Gasteiger partial charge in [-0.25, -0.2) is 0 Å². The van der Waals surface area contributed by atoms with Crippen LogP contribution in [-0.4, -0.2) is 10.5 Å². The number of halogens is 1. The van der Waals surface area contributed by atoms with Crippen molar-refractivity contribution in [2.45, 2.75) is 20.4 Å². The van der Waals surface area contributed by atoms with Crippen molar-refractivity contribution in [3.63, 3.8) is 0 Å². The number of aromatic nitrogens is 1. The molecule has 1 amide bonds. The Kier molecular flexibility index (Phi) is 4.27. The van der Waals surface area contributed by atoms with Gasteiger partial charge in [-0.05, 0) is 59.6 Å². The highest BCUT2D eigenvalue weighted by atomic mass is 79.9. The minimum absolute atomic E-state index is 0.224. The number of amides is 1. The fraction of sp³-hybridized carbons (Fsp3) is 0.176. The maximum atomic E-state index is 12.4. The summed E-state index contributed by atoms with van der Waals surface area (Å²) in [5, 5.41) is 0. The molecule has 0 fully saturated rings. The number of hydrogen-bond acceptors (Lipinski definition) is 2. The first kappa shape index (κ1) is 15.2. The third-order valence-electron chi connectivity index (χ3n) is 3.46. The van der Waals surface area contributed by atoms with Crippen LogP contribution in [0.25, 0.3) is 10.2 Å². The Bertz CT molecular complexity index is 924. The molecule has 0 saturated heterocycles. The van der Waals surface area contributed by atoms with E-state index in [-0.39, 0.29) is 5.91 Å². The molecule has 22 heavy (non-hydrogen) atoms. The van der Waals surface area contributed by atoms with Crippen molar-refractivity contribution in [1.29, 1.82) is 0 Å².